The van der Waals surface area contributed by atoms with Crippen molar-refractivity contribution in [2.45, 2.75) is 37.8 Å². The molecule has 60 heavy (non-hydrogen) atoms. The molecule has 0 radical (unpaired) electrons. The molecule has 2 atom stereocenters. The second-order valence-electron chi connectivity index (χ2n) is 14.3. The predicted molar refractivity (Wildman–Crippen MR) is 234 cm³/mol. The minimum absolute atomic E-state index is 0.0664. The van der Waals surface area contributed by atoms with Crippen LogP contribution in [0, 0.1) is 0 Å². The first-order chi connectivity index (χ1) is 28.6. The van der Waals surface area contributed by atoms with Crippen molar-refractivity contribution < 1.29 is 30.0 Å². The van der Waals surface area contributed by atoms with Gasteiger partial charge >= 0.3 is 0 Å². The smallest absolute Gasteiger partial charge is 0.268 e. The zero-order chi connectivity index (χ0) is 42.6. The summed E-state index contributed by atoms with van der Waals surface area (Å²) < 4.78 is 5.98. The molecule has 4 aliphatic heterocycles. The first-order valence-electron chi connectivity index (χ1n) is 18.1. The minimum atomic E-state index is -0.495. The van der Waals surface area contributed by atoms with Gasteiger partial charge in [0.15, 0.2) is 0 Å². The van der Waals surface area contributed by atoms with Gasteiger partial charge in [-0.25, -0.2) is 0 Å². The van der Waals surface area contributed by atoms with Gasteiger partial charge in [-0.2, -0.15) is 0 Å². The van der Waals surface area contributed by atoms with E-state index in [0.29, 0.717) is 68.5 Å². The van der Waals surface area contributed by atoms with Crippen LogP contribution < -0.4 is 0 Å². The van der Waals surface area contributed by atoms with Crippen LogP contribution in [-0.4, -0.2) is 50.5 Å². The maximum atomic E-state index is 12.9. The fourth-order valence-corrected chi connectivity index (χ4v) is 10.4. The van der Waals surface area contributed by atoms with E-state index in [0.717, 1.165) is 11.4 Å². The molecule has 11 rings (SSSR count). The lowest BCUT2D eigenvalue weighted by Crippen LogP contribution is -2.10. The number of fused-ring (bicyclic) bond motifs is 8. The number of carbonyl (C=O) groups excluding carboxylic acids is 2. The highest BCUT2D eigenvalue weighted by Crippen LogP contribution is 2.54. The van der Waals surface area contributed by atoms with Gasteiger partial charge in [0.2, 0.25) is 0 Å². The molecule has 18 heteroatoms. The molecule has 0 aliphatic carbocycles. The van der Waals surface area contributed by atoms with E-state index in [1.165, 1.54) is 33.4 Å². The van der Waals surface area contributed by atoms with Gasteiger partial charge in [-0.1, -0.05) is 129 Å². The van der Waals surface area contributed by atoms with Crippen LogP contribution in [0.1, 0.15) is 68.2 Å². The predicted octanol–water partition coefficient (Wildman–Crippen LogP) is 12.7. The average Bonchev–Trinajstić information content (AvgIpc) is 4.10. The topological polar surface area (TPSA) is 135 Å². The second-order valence-corrected chi connectivity index (χ2v) is 17.4. The Morgan fingerprint density at radius 3 is 1.15 bits per heavy atom. The molecule has 0 spiro atoms. The Morgan fingerprint density at radius 2 is 0.800 bits per heavy atom. The van der Waals surface area contributed by atoms with Crippen LogP contribution in [0.2, 0.25) is 40.7 Å². The zero-order valence-corrected chi connectivity index (χ0v) is 36.4. The highest BCUT2D eigenvalue weighted by molar-refractivity contribution is 6.44. The SMILES string of the molecule is O=C1c2c(cc(O)c([C@@H]3CCc4cc(Cl)c(Cl)n43)c2O)-c2cc(Cl)c(Cl)n21.O=C1c2c(cc(O)c([C@@H]3CCc4cc(Cl)c(Cl)n43)c2O)-c2cc(Cl)c(Cl)n21.c1ccccc1. The number of phenols is 4. The van der Waals surface area contributed by atoms with E-state index in [1.807, 2.05) is 36.4 Å². The highest BCUT2D eigenvalue weighted by Gasteiger charge is 2.41. The van der Waals surface area contributed by atoms with Crippen molar-refractivity contribution in [1.82, 2.24) is 18.3 Å². The standard InChI is InChI=1S/2C18H10Cl4N2O3.C6H6/c2*19-8-3-6-1-2-10(23(6)16(8)21)14-12(25)4-7-11-5-9(20)17(22)24(11)18(27)13(7)15(14)26;1-2-4-6-5-3-1/h2*3-5,10,25-26H,1-2H2;1-6H/t2*10-;/m00./s1. The van der Waals surface area contributed by atoms with Crippen LogP contribution in [-0.2, 0) is 12.8 Å². The molecule has 0 amide bonds. The Hall–Kier alpha value is -4.36. The number of hydrogen-bond acceptors (Lipinski definition) is 6. The summed E-state index contributed by atoms with van der Waals surface area (Å²) >= 11 is 49.1. The minimum Gasteiger partial charge on any atom is -0.507 e. The van der Waals surface area contributed by atoms with E-state index in [9.17, 15) is 30.0 Å². The van der Waals surface area contributed by atoms with E-state index < -0.39 is 23.9 Å². The number of aromatic nitrogens is 4. The van der Waals surface area contributed by atoms with Gasteiger partial charge in [0.1, 0.15) is 43.6 Å². The second kappa shape index (κ2) is 15.2. The van der Waals surface area contributed by atoms with Crippen LogP contribution in [0.5, 0.6) is 23.0 Å². The molecule has 3 aromatic carbocycles. The maximum Gasteiger partial charge on any atom is 0.268 e. The summed E-state index contributed by atoms with van der Waals surface area (Å²) in [4.78, 5) is 25.7. The normalized spacial score (nSPS) is 16.4. The molecule has 0 saturated carbocycles. The summed E-state index contributed by atoms with van der Waals surface area (Å²) in [6, 6.07) is 20.6. The molecule has 0 bridgehead atoms. The Kier molecular flexibility index (Phi) is 10.4. The van der Waals surface area contributed by atoms with Gasteiger partial charge in [0, 0.05) is 22.5 Å². The zero-order valence-electron chi connectivity index (χ0n) is 30.3. The number of carbonyl (C=O) groups is 2. The van der Waals surface area contributed by atoms with Crippen molar-refractivity contribution in [3.63, 3.8) is 0 Å². The third kappa shape index (κ3) is 6.14. The van der Waals surface area contributed by atoms with Crippen LogP contribution in [0.4, 0.5) is 0 Å². The molecule has 4 aromatic heterocycles. The van der Waals surface area contributed by atoms with E-state index in [2.05, 4.69) is 0 Å². The maximum absolute atomic E-state index is 12.9. The third-order valence-electron chi connectivity index (χ3n) is 11.1. The summed E-state index contributed by atoms with van der Waals surface area (Å²) in [6.07, 6.45) is 2.59. The number of nitrogens with zero attached hydrogens (tertiary/aromatic N) is 4. The number of aromatic hydroxyl groups is 4. The highest BCUT2D eigenvalue weighted by atomic mass is 35.5. The number of halogens is 8. The summed E-state index contributed by atoms with van der Waals surface area (Å²) in [7, 11) is 0. The molecule has 0 unspecified atom stereocenters. The van der Waals surface area contributed by atoms with Crippen LogP contribution in [0.3, 0.4) is 0 Å². The molecule has 4 N–H and O–H groups in total. The van der Waals surface area contributed by atoms with Gasteiger partial charge in [-0.3, -0.25) is 18.7 Å². The van der Waals surface area contributed by atoms with Crippen molar-refractivity contribution in [3.05, 3.63) is 147 Å². The Morgan fingerprint density at radius 1 is 0.467 bits per heavy atom. The van der Waals surface area contributed by atoms with Crippen molar-refractivity contribution in [2.75, 3.05) is 0 Å². The number of hydrogen-bond donors (Lipinski definition) is 4. The summed E-state index contributed by atoms with van der Waals surface area (Å²) in [5, 5.41) is 45.3. The Balaban J connectivity index is 0.000000135. The van der Waals surface area contributed by atoms with Gasteiger partial charge in [0.05, 0.1) is 65.8 Å². The fourth-order valence-electron chi connectivity index (χ4n) is 8.62. The Labute approximate surface area is 380 Å². The number of aryl methyl sites for hydroxylation is 2. The van der Waals surface area contributed by atoms with Crippen molar-refractivity contribution >= 4 is 105 Å². The van der Waals surface area contributed by atoms with Crippen LogP contribution >= 0.6 is 92.8 Å². The van der Waals surface area contributed by atoms with Gasteiger partial charge in [-0.15, -0.1) is 0 Å². The lowest BCUT2D eigenvalue weighted by molar-refractivity contribution is 0.0958. The quantitative estimate of drug-likeness (QED) is 0.136. The van der Waals surface area contributed by atoms with Crippen molar-refractivity contribution in [1.29, 1.82) is 0 Å². The largest absolute Gasteiger partial charge is 0.507 e. The van der Waals surface area contributed by atoms with Crippen LogP contribution in [0.25, 0.3) is 22.5 Å². The number of phenolic OH excluding ortho intramolecular Hbond substituents is 4. The monoisotopic (exact) mass is 962 g/mol. The van der Waals surface area contributed by atoms with Crippen molar-refractivity contribution in [3.8, 4) is 45.5 Å². The first-order valence-corrected chi connectivity index (χ1v) is 21.2. The summed E-state index contributed by atoms with van der Waals surface area (Å²) in [6.45, 7) is 0. The molecular formula is C42H26Cl8N4O6. The molecule has 0 saturated heterocycles. The third-order valence-corrected chi connectivity index (χ3v) is 14.2. The van der Waals surface area contributed by atoms with Gasteiger partial charge in [-0.05, 0) is 62.1 Å². The molecular weight excluding hydrogens is 940 g/mol. The van der Waals surface area contributed by atoms with E-state index in [4.69, 9.17) is 92.8 Å². The lowest BCUT2D eigenvalue weighted by Gasteiger charge is -2.19. The van der Waals surface area contributed by atoms with Gasteiger partial charge < -0.3 is 29.6 Å². The van der Waals surface area contributed by atoms with E-state index in [1.54, 1.807) is 21.3 Å². The van der Waals surface area contributed by atoms with Crippen molar-refractivity contribution in [2.24, 2.45) is 0 Å². The Bertz CT molecular complexity index is 2780. The molecule has 10 nitrogen and oxygen atoms in total. The fraction of sp³-hybridized carbons (Fsp3) is 0.143. The molecule has 4 aliphatic rings. The summed E-state index contributed by atoms with van der Waals surface area (Å²) in [5.41, 5.74) is 4.06. The first kappa shape index (κ1) is 41.0. The molecule has 306 valence electrons. The average molecular weight is 966 g/mol. The number of rotatable bonds is 2. The summed E-state index contributed by atoms with van der Waals surface area (Å²) in [5.74, 6) is -1.84. The van der Waals surface area contributed by atoms with E-state index in [-0.39, 0.29) is 65.6 Å². The molecule has 8 heterocycles. The van der Waals surface area contributed by atoms with Gasteiger partial charge in [0.25, 0.3) is 11.8 Å². The van der Waals surface area contributed by atoms with Crippen LogP contribution in [0.15, 0.2) is 72.8 Å². The molecule has 0 fully saturated rings. The number of benzene rings is 3. The van der Waals surface area contributed by atoms with E-state index >= 15 is 0 Å². The lowest BCUT2D eigenvalue weighted by atomic mass is 9.95. The molecule has 7 aromatic rings.